The predicted octanol–water partition coefficient (Wildman–Crippen LogP) is 3.84. The summed E-state index contributed by atoms with van der Waals surface area (Å²) in [6.07, 6.45) is 3.66. The van der Waals surface area contributed by atoms with Gasteiger partial charge in [-0.2, -0.15) is 0 Å². The van der Waals surface area contributed by atoms with E-state index in [4.69, 9.17) is 4.74 Å². The summed E-state index contributed by atoms with van der Waals surface area (Å²) in [5.41, 5.74) is 6.87. The molecule has 0 aliphatic rings. The van der Waals surface area contributed by atoms with Gasteiger partial charge in [0.25, 0.3) is 0 Å². The predicted molar refractivity (Wildman–Crippen MR) is 180 cm³/mol. The van der Waals surface area contributed by atoms with Crippen molar-refractivity contribution in [3.05, 3.63) is 97.1 Å². The fraction of sp³-hybridized carbons (Fsp3) is 0.297. The fourth-order valence-electron chi connectivity index (χ4n) is 5.68. The van der Waals surface area contributed by atoms with Crippen molar-refractivity contribution in [2.75, 3.05) is 13.7 Å². The van der Waals surface area contributed by atoms with Gasteiger partial charge in [-0.1, -0.05) is 78.9 Å². The van der Waals surface area contributed by atoms with Crippen LogP contribution in [0.1, 0.15) is 38.2 Å². The maximum atomic E-state index is 13.6. The van der Waals surface area contributed by atoms with E-state index in [9.17, 15) is 19.2 Å². The van der Waals surface area contributed by atoms with E-state index in [0.29, 0.717) is 19.4 Å². The van der Waals surface area contributed by atoms with Crippen molar-refractivity contribution < 1.29 is 29.6 Å². The molecule has 0 unspecified atom stereocenters. The number of carbonyl (C=O) groups is 4. The van der Waals surface area contributed by atoms with E-state index >= 15 is 0 Å². The molecule has 6 N–H and O–H groups in total. The number of methoxy groups -OCH3 is 1. The summed E-state index contributed by atoms with van der Waals surface area (Å²) >= 11 is 0. The standard InChI is InChI=1S/C37H42N4O5/c1-4-11-32(37(45)46-3)41-35(43)31(16-9-10-21-38)40-36(44)33(39-24(2)42)22-25-17-19-26(20-18-25)34-29-14-7-5-12-27(29)23-28-13-6-8-15-30(28)34/h4-8,12-15,17-20,23,31-33H,1,9-11,16,21-22,38H2,2-3H3,(H,39,42)(H,40,44)(H,41,43)/p+1/t31-,32-,33-/m0/s1. The highest BCUT2D eigenvalue weighted by Gasteiger charge is 2.29. The molecule has 0 saturated carbocycles. The average molecular weight is 624 g/mol. The second-order valence-electron chi connectivity index (χ2n) is 11.4. The molecule has 3 amide bonds. The van der Waals surface area contributed by atoms with Gasteiger partial charge in [-0.25, -0.2) is 4.79 Å². The molecule has 0 aromatic heterocycles. The third-order valence-electron chi connectivity index (χ3n) is 7.98. The van der Waals surface area contributed by atoms with E-state index in [-0.39, 0.29) is 18.7 Å². The summed E-state index contributed by atoms with van der Waals surface area (Å²) in [6, 6.07) is 24.0. The van der Waals surface area contributed by atoms with Crippen LogP contribution in [0.5, 0.6) is 0 Å². The first kappa shape index (κ1) is 33.9. The normalized spacial score (nSPS) is 12.9. The number of fused-ring (bicyclic) bond motifs is 2. The lowest BCUT2D eigenvalue weighted by Crippen LogP contribution is -2.56. The number of unbranched alkanes of at least 4 members (excludes halogenated alkanes) is 1. The Hall–Kier alpha value is -5.02. The van der Waals surface area contributed by atoms with Crippen LogP contribution in [0.25, 0.3) is 32.7 Å². The van der Waals surface area contributed by atoms with Crippen molar-refractivity contribution in [2.24, 2.45) is 0 Å². The summed E-state index contributed by atoms with van der Waals surface area (Å²) in [7, 11) is 1.24. The monoisotopic (exact) mass is 623 g/mol. The minimum absolute atomic E-state index is 0.178. The van der Waals surface area contributed by atoms with E-state index in [1.54, 1.807) is 0 Å². The zero-order valence-corrected chi connectivity index (χ0v) is 26.5. The van der Waals surface area contributed by atoms with Crippen molar-refractivity contribution in [1.29, 1.82) is 0 Å². The molecule has 0 fully saturated rings. The third-order valence-corrected chi connectivity index (χ3v) is 7.98. The van der Waals surface area contributed by atoms with Crippen LogP contribution in [0.4, 0.5) is 0 Å². The maximum Gasteiger partial charge on any atom is 0.328 e. The van der Waals surface area contributed by atoms with E-state index in [2.05, 4.69) is 58.6 Å². The van der Waals surface area contributed by atoms with Crippen molar-refractivity contribution in [3.63, 3.8) is 0 Å². The Labute approximate surface area is 269 Å². The van der Waals surface area contributed by atoms with Gasteiger partial charge in [0, 0.05) is 13.3 Å². The summed E-state index contributed by atoms with van der Waals surface area (Å²) in [5.74, 6) is -1.98. The molecule has 9 heteroatoms. The van der Waals surface area contributed by atoms with Gasteiger partial charge in [0.1, 0.15) is 18.1 Å². The molecule has 0 saturated heterocycles. The van der Waals surface area contributed by atoms with Crippen molar-refractivity contribution >= 4 is 45.2 Å². The molecule has 0 bridgehead atoms. The van der Waals surface area contributed by atoms with Crippen LogP contribution in [0.15, 0.2) is 91.5 Å². The largest absolute Gasteiger partial charge is 0.467 e. The van der Waals surface area contributed by atoms with E-state index in [1.807, 2.05) is 48.5 Å². The first-order valence-electron chi connectivity index (χ1n) is 15.6. The van der Waals surface area contributed by atoms with Crippen LogP contribution in [-0.2, 0) is 30.3 Å². The van der Waals surface area contributed by atoms with Crippen molar-refractivity contribution in [1.82, 2.24) is 16.0 Å². The van der Waals surface area contributed by atoms with Gasteiger partial charge < -0.3 is 26.4 Å². The molecule has 0 aliphatic carbocycles. The molecular formula is C37H43N4O5+. The van der Waals surface area contributed by atoms with Crippen LogP contribution in [-0.4, -0.2) is 55.5 Å². The average Bonchev–Trinajstić information content (AvgIpc) is 3.06. The molecule has 4 rings (SSSR count). The zero-order chi connectivity index (χ0) is 33.1. The number of amides is 3. The molecule has 240 valence electrons. The van der Waals surface area contributed by atoms with Gasteiger partial charge in [0.05, 0.1) is 13.7 Å². The Bertz CT molecular complexity index is 1650. The molecule has 46 heavy (non-hydrogen) atoms. The lowest BCUT2D eigenvalue weighted by molar-refractivity contribution is -0.368. The van der Waals surface area contributed by atoms with Crippen LogP contribution in [0.2, 0.25) is 0 Å². The number of ether oxygens (including phenoxy) is 1. The maximum absolute atomic E-state index is 13.6. The Morgan fingerprint density at radius 1 is 0.804 bits per heavy atom. The van der Waals surface area contributed by atoms with Gasteiger partial charge in [-0.15, -0.1) is 6.58 Å². The minimum atomic E-state index is -0.925. The highest BCUT2D eigenvalue weighted by atomic mass is 16.5. The van der Waals surface area contributed by atoms with Crippen LogP contribution in [0.3, 0.4) is 0 Å². The SMILES string of the molecule is C=CC[C@H](NC(=O)[C@H](CCCC[NH3+])NC(=O)[C@H](Cc1ccc(-c2c3ccccc3cc3ccccc23)cc1)NC(C)=O)C(=O)OC. The smallest absolute Gasteiger partial charge is 0.328 e. The molecular weight excluding hydrogens is 580 g/mol. The summed E-state index contributed by atoms with van der Waals surface area (Å²) in [6.45, 7) is 5.68. The molecule has 3 atom stereocenters. The first-order valence-corrected chi connectivity index (χ1v) is 15.6. The summed E-state index contributed by atoms with van der Waals surface area (Å²) in [4.78, 5) is 51.2. The van der Waals surface area contributed by atoms with Crippen molar-refractivity contribution in [3.8, 4) is 11.1 Å². The number of esters is 1. The zero-order valence-electron chi connectivity index (χ0n) is 26.5. The second kappa shape index (κ2) is 16.3. The number of nitrogens with one attached hydrogen (secondary N) is 3. The van der Waals surface area contributed by atoms with Crippen LogP contribution < -0.4 is 21.7 Å². The summed E-state index contributed by atoms with van der Waals surface area (Å²) in [5, 5.41) is 12.8. The molecule has 0 aliphatic heterocycles. The van der Waals surface area contributed by atoms with Gasteiger partial charge in [-0.3, -0.25) is 14.4 Å². The van der Waals surface area contributed by atoms with E-state index < -0.39 is 35.9 Å². The Morgan fingerprint density at radius 3 is 1.96 bits per heavy atom. The molecule has 0 spiro atoms. The molecule has 4 aromatic rings. The lowest BCUT2D eigenvalue weighted by Gasteiger charge is -2.24. The first-order chi connectivity index (χ1) is 22.2. The van der Waals surface area contributed by atoms with Crippen molar-refractivity contribution in [2.45, 2.75) is 57.2 Å². The quantitative estimate of drug-likeness (QED) is 0.0690. The Morgan fingerprint density at radius 2 is 1.39 bits per heavy atom. The highest BCUT2D eigenvalue weighted by Crippen LogP contribution is 2.36. The minimum Gasteiger partial charge on any atom is -0.467 e. The Balaban J connectivity index is 1.56. The molecule has 0 radical (unpaired) electrons. The van der Waals surface area contributed by atoms with Gasteiger partial charge in [0.2, 0.25) is 17.7 Å². The number of carbonyl (C=O) groups excluding carboxylic acids is 4. The topological polar surface area (TPSA) is 141 Å². The van der Waals surface area contributed by atoms with Gasteiger partial charge in [0.15, 0.2) is 0 Å². The second-order valence-corrected chi connectivity index (χ2v) is 11.4. The Kier molecular flexibility index (Phi) is 12.0. The van der Waals surface area contributed by atoms with Crippen LogP contribution >= 0.6 is 0 Å². The summed E-state index contributed by atoms with van der Waals surface area (Å²) < 4.78 is 4.81. The number of rotatable bonds is 15. The number of benzene rings is 4. The van der Waals surface area contributed by atoms with E-state index in [1.165, 1.54) is 20.1 Å². The number of hydrogen-bond acceptors (Lipinski definition) is 5. The molecule has 0 heterocycles. The van der Waals surface area contributed by atoms with Crippen LogP contribution in [0, 0.1) is 0 Å². The number of quaternary nitrogens is 1. The molecule has 4 aromatic carbocycles. The fourth-order valence-corrected chi connectivity index (χ4v) is 5.68. The van der Waals surface area contributed by atoms with E-state index in [0.717, 1.165) is 44.7 Å². The third kappa shape index (κ3) is 8.57. The van der Waals surface area contributed by atoms with Gasteiger partial charge in [-0.05, 0) is 70.0 Å². The molecule has 9 nitrogen and oxygen atoms in total. The number of hydrogen-bond donors (Lipinski definition) is 4. The van der Waals surface area contributed by atoms with Gasteiger partial charge >= 0.3 is 5.97 Å². The highest BCUT2D eigenvalue weighted by molar-refractivity contribution is 6.12. The lowest BCUT2D eigenvalue weighted by atomic mass is 9.91.